The summed E-state index contributed by atoms with van der Waals surface area (Å²) >= 11 is 0. The first kappa shape index (κ1) is 12.0. The summed E-state index contributed by atoms with van der Waals surface area (Å²) in [5.41, 5.74) is 7.51. The van der Waals surface area contributed by atoms with Gasteiger partial charge in [0.25, 0.3) is 5.91 Å². The predicted octanol–water partition coefficient (Wildman–Crippen LogP) is 1.30. The largest absolute Gasteiger partial charge is 0.399 e. The highest BCUT2D eigenvalue weighted by Gasteiger charge is 2.05. The summed E-state index contributed by atoms with van der Waals surface area (Å²) in [5, 5.41) is 2.78. The molecule has 1 aromatic carbocycles. The molecular weight excluding hydrogens is 228 g/mol. The zero-order valence-corrected chi connectivity index (χ0v) is 10.1. The number of anilines is 1. The van der Waals surface area contributed by atoms with Crippen LogP contribution in [0.5, 0.6) is 0 Å². The van der Waals surface area contributed by atoms with E-state index in [1.165, 1.54) is 0 Å². The average Bonchev–Trinajstić information content (AvgIpc) is 2.36. The third-order valence-electron chi connectivity index (χ3n) is 2.41. The molecule has 0 unspecified atom stereocenters. The number of amides is 1. The van der Waals surface area contributed by atoms with Crippen LogP contribution in [0.2, 0.25) is 0 Å². The first-order valence-electron chi connectivity index (χ1n) is 5.57. The van der Waals surface area contributed by atoms with Crippen molar-refractivity contribution in [2.75, 3.05) is 5.73 Å². The lowest BCUT2D eigenvalue weighted by Gasteiger charge is -2.05. The van der Waals surface area contributed by atoms with Crippen molar-refractivity contribution < 1.29 is 4.79 Å². The Morgan fingerprint density at radius 1 is 1.39 bits per heavy atom. The lowest BCUT2D eigenvalue weighted by Crippen LogP contribution is -2.23. The molecule has 0 saturated heterocycles. The zero-order chi connectivity index (χ0) is 13.0. The number of aryl methyl sites for hydroxylation is 1. The number of benzene rings is 1. The number of rotatable bonds is 3. The summed E-state index contributed by atoms with van der Waals surface area (Å²) in [6.07, 6.45) is 1.67. The molecule has 2 aromatic rings. The van der Waals surface area contributed by atoms with Crippen LogP contribution < -0.4 is 11.1 Å². The van der Waals surface area contributed by atoms with Crippen LogP contribution in [0.25, 0.3) is 0 Å². The molecular formula is C13H14N4O. The Balaban J connectivity index is 2.00. The Morgan fingerprint density at radius 3 is 2.94 bits per heavy atom. The molecule has 18 heavy (non-hydrogen) atoms. The molecule has 1 amide bonds. The number of carbonyl (C=O) groups is 1. The summed E-state index contributed by atoms with van der Waals surface area (Å²) in [4.78, 5) is 20.0. The van der Waals surface area contributed by atoms with Crippen LogP contribution in [0.4, 0.5) is 5.69 Å². The van der Waals surface area contributed by atoms with Crippen molar-refractivity contribution in [3.63, 3.8) is 0 Å². The van der Waals surface area contributed by atoms with E-state index in [-0.39, 0.29) is 5.91 Å². The van der Waals surface area contributed by atoms with Crippen LogP contribution in [0, 0.1) is 6.92 Å². The molecule has 1 aromatic heterocycles. The van der Waals surface area contributed by atoms with Gasteiger partial charge in [0, 0.05) is 17.4 Å². The summed E-state index contributed by atoms with van der Waals surface area (Å²) in [5.74, 6) is 0.518. The third-order valence-corrected chi connectivity index (χ3v) is 2.41. The molecule has 0 aliphatic rings. The number of carbonyl (C=O) groups excluding carboxylic acids is 1. The number of nitrogens with one attached hydrogen (secondary N) is 1. The van der Waals surface area contributed by atoms with E-state index in [2.05, 4.69) is 15.3 Å². The maximum Gasteiger partial charge on any atom is 0.251 e. The SMILES string of the molecule is Cc1nccc(CNC(=O)c2cccc(N)c2)n1. The predicted molar refractivity (Wildman–Crippen MR) is 68.8 cm³/mol. The van der Waals surface area contributed by atoms with E-state index >= 15 is 0 Å². The van der Waals surface area contributed by atoms with E-state index < -0.39 is 0 Å². The molecule has 3 N–H and O–H groups in total. The Bertz CT molecular complexity index is 568. The van der Waals surface area contributed by atoms with Gasteiger partial charge in [0.05, 0.1) is 12.2 Å². The van der Waals surface area contributed by atoms with E-state index in [0.717, 1.165) is 5.69 Å². The quantitative estimate of drug-likeness (QED) is 0.795. The summed E-state index contributed by atoms with van der Waals surface area (Å²) < 4.78 is 0. The van der Waals surface area contributed by atoms with Gasteiger partial charge in [0.1, 0.15) is 5.82 Å². The Hall–Kier alpha value is -2.43. The maximum atomic E-state index is 11.8. The van der Waals surface area contributed by atoms with Crippen LogP contribution in [0.1, 0.15) is 21.9 Å². The number of hydrogen-bond acceptors (Lipinski definition) is 4. The van der Waals surface area contributed by atoms with Crippen molar-refractivity contribution in [3.8, 4) is 0 Å². The topological polar surface area (TPSA) is 80.9 Å². The Morgan fingerprint density at radius 2 is 2.22 bits per heavy atom. The van der Waals surface area contributed by atoms with Crippen LogP contribution >= 0.6 is 0 Å². The molecule has 5 heteroatoms. The fourth-order valence-corrected chi connectivity index (χ4v) is 1.56. The van der Waals surface area contributed by atoms with Crippen molar-refractivity contribution in [1.82, 2.24) is 15.3 Å². The highest BCUT2D eigenvalue weighted by molar-refractivity contribution is 5.94. The molecule has 1 heterocycles. The molecule has 2 rings (SSSR count). The minimum Gasteiger partial charge on any atom is -0.399 e. The van der Waals surface area contributed by atoms with Gasteiger partial charge in [-0.15, -0.1) is 0 Å². The summed E-state index contributed by atoms with van der Waals surface area (Å²) in [7, 11) is 0. The number of hydrogen-bond donors (Lipinski definition) is 2. The molecule has 5 nitrogen and oxygen atoms in total. The monoisotopic (exact) mass is 242 g/mol. The lowest BCUT2D eigenvalue weighted by molar-refractivity contribution is 0.0950. The van der Waals surface area contributed by atoms with Crippen LogP contribution in [0.3, 0.4) is 0 Å². The van der Waals surface area contributed by atoms with Gasteiger partial charge in [0.15, 0.2) is 0 Å². The highest BCUT2D eigenvalue weighted by Crippen LogP contribution is 2.06. The molecule has 0 bridgehead atoms. The Labute approximate surface area is 105 Å². The number of aromatic nitrogens is 2. The fourth-order valence-electron chi connectivity index (χ4n) is 1.56. The zero-order valence-electron chi connectivity index (χ0n) is 10.1. The van der Waals surface area contributed by atoms with Gasteiger partial charge < -0.3 is 11.1 Å². The van der Waals surface area contributed by atoms with Crippen LogP contribution in [-0.2, 0) is 6.54 Å². The van der Waals surface area contributed by atoms with Crippen molar-refractivity contribution in [1.29, 1.82) is 0 Å². The highest BCUT2D eigenvalue weighted by atomic mass is 16.1. The maximum absolute atomic E-state index is 11.8. The van der Waals surface area contributed by atoms with E-state index in [0.29, 0.717) is 23.6 Å². The fraction of sp³-hybridized carbons (Fsp3) is 0.154. The molecule has 0 fully saturated rings. The van der Waals surface area contributed by atoms with E-state index in [1.807, 2.05) is 6.92 Å². The van der Waals surface area contributed by atoms with Crippen LogP contribution in [0.15, 0.2) is 36.5 Å². The smallest absolute Gasteiger partial charge is 0.251 e. The molecule has 0 aliphatic heterocycles. The molecule has 0 atom stereocenters. The normalized spacial score (nSPS) is 10.1. The standard InChI is InChI=1S/C13H14N4O/c1-9-15-6-5-12(17-9)8-16-13(18)10-3-2-4-11(14)7-10/h2-7H,8,14H2,1H3,(H,16,18). The first-order chi connectivity index (χ1) is 8.65. The second kappa shape index (κ2) is 5.27. The second-order valence-electron chi connectivity index (χ2n) is 3.90. The van der Waals surface area contributed by atoms with Gasteiger partial charge >= 0.3 is 0 Å². The van der Waals surface area contributed by atoms with Gasteiger partial charge in [0.2, 0.25) is 0 Å². The first-order valence-corrected chi connectivity index (χ1v) is 5.57. The second-order valence-corrected chi connectivity index (χ2v) is 3.90. The van der Waals surface area contributed by atoms with Gasteiger partial charge in [-0.1, -0.05) is 6.07 Å². The van der Waals surface area contributed by atoms with Gasteiger partial charge in [-0.05, 0) is 31.2 Å². The number of nitrogens with two attached hydrogens (primary N) is 1. The summed E-state index contributed by atoms with van der Waals surface area (Å²) in [6, 6.07) is 8.62. The molecule has 0 spiro atoms. The van der Waals surface area contributed by atoms with Crippen molar-refractivity contribution >= 4 is 11.6 Å². The number of nitrogens with zero attached hydrogens (tertiary/aromatic N) is 2. The number of nitrogen functional groups attached to an aromatic ring is 1. The summed E-state index contributed by atoms with van der Waals surface area (Å²) in [6.45, 7) is 2.18. The van der Waals surface area contributed by atoms with E-state index in [4.69, 9.17) is 5.73 Å². The lowest BCUT2D eigenvalue weighted by atomic mass is 10.2. The van der Waals surface area contributed by atoms with Crippen molar-refractivity contribution in [2.24, 2.45) is 0 Å². The van der Waals surface area contributed by atoms with E-state index in [1.54, 1.807) is 36.5 Å². The van der Waals surface area contributed by atoms with Crippen LogP contribution in [-0.4, -0.2) is 15.9 Å². The Kier molecular flexibility index (Phi) is 3.52. The minimum absolute atomic E-state index is 0.168. The molecule has 0 aliphatic carbocycles. The van der Waals surface area contributed by atoms with E-state index in [9.17, 15) is 4.79 Å². The third kappa shape index (κ3) is 3.04. The van der Waals surface area contributed by atoms with Crippen molar-refractivity contribution in [3.05, 3.63) is 53.6 Å². The van der Waals surface area contributed by atoms with Gasteiger partial charge in [-0.3, -0.25) is 4.79 Å². The van der Waals surface area contributed by atoms with Crippen molar-refractivity contribution in [2.45, 2.75) is 13.5 Å². The average molecular weight is 242 g/mol. The van der Waals surface area contributed by atoms with Gasteiger partial charge in [-0.2, -0.15) is 0 Å². The minimum atomic E-state index is -0.168. The molecule has 92 valence electrons. The van der Waals surface area contributed by atoms with Gasteiger partial charge in [-0.25, -0.2) is 9.97 Å². The molecule has 0 radical (unpaired) electrons. The molecule has 0 saturated carbocycles.